The molecule has 0 aromatic heterocycles. The number of aliphatic hydroxyl groups is 1. The Morgan fingerprint density at radius 2 is 1.88 bits per heavy atom. The van der Waals surface area contributed by atoms with E-state index < -0.39 is 11.9 Å². The Kier molecular flexibility index (Phi) is 4.66. The Morgan fingerprint density at radius 1 is 1.29 bits per heavy atom. The van der Waals surface area contributed by atoms with Crippen LogP contribution in [-0.4, -0.2) is 35.4 Å². The predicted molar refractivity (Wildman–Crippen MR) is 59.9 cm³/mol. The number of aromatic carboxylic acids is 1. The quantitative estimate of drug-likeness (QED) is 0.752. The smallest absolute Gasteiger partial charge is 0.339 e. The molecule has 1 aromatic carbocycles. The normalized spacial score (nSPS) is 11.9. The van der Waals surface area contributed by atoms with Gasteiger partial charge in [-0.25, -0.2) is 9.59 Å². The van der Waals surface area contributed by atoms with Gasteiger partial charge in [-0.1, -0.05) is 19.1 Å². The summed E-state index contributed by atoms with van der Waals surface area (Å²) in [5.41, 5.74) is -0.0701. The van der Waals surface area contributed by atoms with Gasteiger partial charge in [-0.15, -0.1) is 0 Å². The average Bonchev–Trinajstić information content (AvgIpc) is 2.35. The summed E-state index contributed by atoms with van der Waals surface area (Å²) in [6, 6.07) is 5.85. The van der Waals surface area contributed by atoms with Crippen molar-refractivity contribution in [2.75, 3.05) is 13.2 Å². The van der Waals surface area contributed by atoms with Crippen LogP contribution in [0.25, 0.3) is 0 Å². The zero-order valence-corrected chi connectivity index (χ0v) is 9.42. The number of esters is 1. The summed E-state index contributed by atoms with van der Waals surface area (Å²) in [6.45, 7) is 1.69. The number of benzene rings is 1. The van der Waals surface area contributed by atoms with E-state index in [2.05, 4.69) is 0 Å². The van der Waals surface area contributed by atoms with Crippen LogP contribution in [0.4, 0.5) is 0 Å². The van der Waals surface area contributed by atoms with E-state index >= 15 is 0 Å². The highest BCUT2D eigenvalue weighted by molar-refractivity contribution is 6.02. The minimum Gasteiger partial charge on any atom is -0.478 e. The first kappa shape index (κ1) is 13.2. The molecule has 0 saturated carbocycles. The molecule has 0 aliphatic heterocycles. The van der Waals surface area contributed by atoms with Gasteiger partial charge in [0.15, 0.2) is 0 Å². The number of carbonyl (C=O) groups is 2. The van der Waals surface area contributed by atoms with Crippen molar-refractivity contribution in [2.24, 2.45) is 5.92 Å². The monoisotopic (exact) mass is 238 g/mol. The molecular weight excluding hydrogens is 224 g/mol. The van der Waals surface area contributed by atoms with Crippen LogP contribution in [-0.2, 0) is 4.74 Å². The third-order valence-corrected chi connectivity index (χ3v) is 2.19. The van der Waals surface area contributed by atoms with Crippen LogP contribution in [0.15, 0.2) is 24.3 Å². The Hall–Kier alpha value is -1.88. The maximum Gasteiger partial charge on any atom is 0.339 e. The number of hydrogen-bond acceptors (Lipinski definition) is 4. The second kappa shape index (κ2) is 6.00. The van der Waals surface area contributed by atoms with E-state index in [-0.39, 0.29) is 30.3 Å². The van der Waals surface area contributed by atoms with Gasteiger partial charge in [0, 0.05) is 12.5 Å². The van der Waals surface area contributed by atoms with Gasteiger partial charge < -0.3 is 14.9 Å². The number of carboxylic acids is 1. The molecule has 92 valence electrons. The zero-order valence-electron chi connectivity index (χ0n) is 9.42. The molecule has 1 rings (SSSR count). The number of ether oxygens (including phenoxy) is 1. The van der Waals surface area contributed by atoms with Crippen LogP contribution < -0.4 is 0 Å². The predicted octanol–water partition coefficient (Wildman–Crippen LogP) is 1.17. The molecule has 0 heterocycles. The molecule has 17 heavy (non-hydrogen) atoms. The van der Waals surface area contributed by atoms with Crippen molar-refractivity contribution < 1.29 is 24.5 Å². The first-order valence-corrected chi connectivity index (χ1v) is 5.16. The number of carbonyl (C=O) groups excluding carboxylic acids is 1. The number of aliphatic hydroxyl groups excluding tert-OH is 1. The number of rotatable bonds is 5. The molecule has 5 heteroatoms. The van der Waals surface area contributed by atoms with Gasteiger partial charge in [0.05, 0.1) is 17.7 Å². The molecule has 1 aromatic rings. The molecule has 0 saturated heterocycles. The molecule has 0 fully saturated rings. The highest BCUT2D eigenvalue weighted by Gasteiger charge is 2.17. The van der Waals surface area contributed by atoms with Gasteiger partial charge >= 0.3 is 11.9 Å². The van der Waals surface area contributed by atoms with Gasteiger partial charge in [0.2, 0.25) is 0 Å². The van der Waals surface area contributed by atoms with Crippen LogP contribution >= 0.6 is 0 Å². The lowest BCUT2D eigenvalue weighted by atomic mass is 10.1. The standard InChI is InChI=1S/C12H14O5/c1-8(6-13)7-17-12(16)10-5-3-2-4-9(10)11(14)15/h2-5,8,13H,6-7H2,1H3,(H,14,15). The maximum atomic E-state index is 11.6. The van der Waals surface area contributed by atoms with Crippen molar-refractivity contribution in [2.45, 2.75) is 6.92 Å². The van der Waals surface area contributed by atoms with Crippen molar-refractivity contribution in [1.82, 2.24) is 0 Å². The molecule has 5 nitrogen and oxygen atoms in total. The lowest BCUT2D eigenvalue weighted by molar-refractivity contribution is 0.0398. The lowest BCUT2D eigenvalue weighted by Gasteiger charge is -2.10. The first-order valence-electron chi connectivity index (χ1n) is 5.16. The average molecular weight is 238 g/mol. The molecule has 0 spiro atoms. The van der Waals surface area contributed by atoms with E-state index in [9.17, 15) is 9.59 Å². The number of hydrogen-bond donors (Lipinski definition) is 2. The zero-order chi connectivity index (χ0) is 12.8. The first-order chi connectivity index (χ1) is 8.06. The molecule has 2 N–H and O–H groups in total. The molecule has 1 atom stereocenters. The summed E-state index contributed by atoms with van der Waals surface area (Å²) in [5, 5.41) is 17.7. The Balaban J connectivity index is 2.78. The van der Waals surface area contributed by atoms with Gasteiger partial charge in [-0.05, 0) is 12.1 Å². The van der Waals surface area contributed by atoms with Crippen LogP contribution in [0, 0.1) is 5.92 Å². The lowest BCUT2D eigenvalue weighted by Crippen LogP contribution is -2.17. The molecular formula is C12H14O5. The Morgan fingerprint density at radius 3 is 2.41 bits per heavy atom. The van der Waals surface area contributed by atoms with Crippen molar-refractivity contribution in [3.05, 3.63) is 35.4 Å². The van der Waals surface area contributed by atoms with Crippen LogP contribution in [0.1, 0.15) is 27.6 Å². The summed E-state index contributed by atoms with van der Waals surface area (Å²) < 4.78 is 4.91. The second-order valence-corrected chi connectivity index (χ2v) is 3.74. The van der Waals surface area contributed by atoms with Gasteiger partial charge in [-0.2, -0.15) is 0 Å². The summed E-state index contributed by atoms with van der Waals surface area (Å²) in [5.74, 6) is -2.04. The topological polar surface area (TPSA) is 83.8 Å². The van der Waals surface area contributed by atoms with E-state index in [1.165, 1.54) is 18.2 Å². The summed E-state index contributed by atoms with van der Waals surface area (Å²) in [4.78, 5) is 22.5. The fraction of sp³-hybridized carbons (Fsp3) is 0.333. The Labute approximate surface area is 98.6 Å². The van der Waals surface area contributed by atoms with Crippen LogP contribution in [0.3, 0.4) is 0 Å². The fourth-order valence-corrected chi connectivity index (χ4v) is 1.20. The molecule has 0 amide bonds. The summed E-state index contributed by atoms with van der Waals surface area (Å²) >= 11 is 0. The van der Waals surface area contributed by atoms with Crippen LogP contribution in [0.2, 0.25) is 0 Å². The molecule has 0 radical (unpaired) electrons. The molecule has 0 aliphatic carbocycles. The fourth-order valence-electron chi connectivity index (χ4n) is 1.20. The van der Waals surface area contributed by atoms with Crippen molar-refractivity contribution in [3.8, 4) is 0 Å². The van der Waals surface area contributed by atoms with E-state index in [1.807, 2.05) is 0 Å². The largest absolute Gasteiger partial charge is 0.478 e. The van der Waals surface area contributed by atoms with Crippen molar-refractivity contribution in [3.63, 3.8) is 0 Å². The summed E-state index contributed by atoms with van der Waals surface area (Å²) in [6.07, 6.45) is 0. The Bertz CT molecular complexity index is 413. The minimum atomic E-state index is -1.17. The highest BCUT2D eigenvalue weighted by atomic mass is 16.5. The number of carboxylic acid groups (broad SMARTS) is 1. The summed E-state index contributed by atoms with van der Waals surface area (Å²) in [7, 11) is 0. The minimum absolute atomic E-state index is 0.0186. The van der Waals surface area contributed by atoms with E-state index in [1.54, 1.807) is 13.0 Å². The third-order valence-electron chi connectivity index (χ3n) is 2.19. The van der Waals surface area contributed by atoms with E-state index in [0.717, 1.165) is 0 Å². The molecule has 1 unspecified atom stereocenters. The van der Waals surface area contributed by atoms with E-state index in [0.29, 0.717) is 0 Å². The SMILES string of the molecule is CC(CO)COC(=O)c1ccccc1C(=O)O. The molecule has 0 aliphatic rings. The third kappa shape index (κ3) is 3.57. The second-order valence-electron chi connectivity index (χ2n) is 3.74. The van der Waals surface area contributed by atoms with Gasteiger partial charge in [0.1, 0.15) is 0 Å². The van der Waals surface area contributed by atoms with Crippen molar-refractivity contribution in [1.29, 1.82) is 0 Å². The van der Waals surface area contributed by atoms with Crippen LogP contribution in [0.5, 0.6) is 0 Å². The van der Waals surface area contributed by atoms with Gasteiger partial charge in [0.25, 0.3) is 0 Å². The highest BCUT2D eigenvalue weighted by Crippen LogP contribution is 2.11. The van der Waals surface area contributed by atoms with Crippen molar-refractivity contribution >= 4 is 11.9 Å². The van der Waals surface area contributed by atoms with E-state index in [4.69, 9.17) is 14.9 Å². The molecule has 0 bridgehead atoms. The van der Waals surface area contributed by atoms with Gasteiger partial charge in [-0.3, -0.25) is 0 Å². The maximum absolute atomic E-state index is 11.6.